The molecule has 1 aromatic rings. The fourth-order valence-electron chi connectivity index (χ4n) is 2.03. The molecule has 0 spiro atoms. The highest BCUT2D eigenvalue weighted by Crippen LogP contribution is 2.21. The minimum absolute atomic E-state index is 0.0792. The summed E-state index contributed by atoms with van der Waals surface area (Å²) in [5.41, 5.74) is 1.34. The van der Waals surface area contributed by atoms with Crippen molar-refractivity contribution in [3.05, 3.63) is 29.8 Å². The first kappa shape index (κ1) is 14.4. The van der Waals surface area contributed by atoms with Crippen LogP contribution in [0.4, 0.5) is 0 Å². The van der Waals surface area contributed by atoms with Crippen molar-refractivity contribution in [2.45, 2.75) is 44.8 Å². The molecule has 0 amide bonds. The molecule has 0 heterocycles. The van der Waals surface area contributed by atoms with E-state index in [1.807, 2.05) is 0 Å². The molecule has 0 bridgehead atoms. The SMILES string of the molecule is COCC(CNC1CC1)Oc1ccc(C(C)C)cc1. The quantitative estimate of drug-likeness (QED) is 0.782. The highest BCUT2D eigenvalue weighted by atomic mass is 16.5. The third kappa shape index (κ3) is 4.84. The van der Waals surface area contributed by atoms with Gasteiger partial charge in [0.2, 0.25) is 0 Å². The average Bonchev–Trinajstić information content (AvgIpc) is 3.21. The van der Waals surface area contributed by atoms with E-state index in [1.54, 1.807) is 7.11 Å². The van der Waals surface area contributed by atoms with E-state index in [-0.39, 0.29) is 6.10 Å². The number of benzene rings is 1. The van der Waals surface area contributed by atoms with Gasteiger partial charge in [-0.3, -0.25) is 0 Å². The smallest absolute Gasteiger partial charge is 0.134 e. The van der Waals surface area contributed by atoms with Crippen LogP contribution < -0.4 is 10.1 Å². The van der Waals surface area contributed by atoms with Crippen molar-refractivity contribution in [2.75, 3.05) is 20.3 Å². The molecule has 0 aliphatic heterocycles. The molecular formula is C16H25NO2. The highest BCUT2D eigenvalue weighted by Gasteiger charge is 2.22. The van der Waals surface area contributed by atoms with Crippen LogP contribution >= 0.6 is 0 Å². The summed E-state index contributed by atoms with van der Waals surface area (Å²) in [6.45, 7) is 5.86. The summed E-state index contributed by atoms with van der Waals surface area (Å²) in [5.74, 6) is 1.48. The number of hydrogen-bond donors (Lipinski definition) is 1. The zero-order valence-corrected chi connectivity index (χ0v) is 12.2. The minimum Gasteiger partial charge on any atom is -0.487 e. The van der Waals surface area contributed by atoms with Crippen LogP contribution in [0, 0.1) is 0 Å². The van der Waals surface area contributed by atoms with Gasteiger partial charge in [-0.15, -0.1) is 0 Å². The molecule has 1 fully saturated rings. The van der Waals surface area contributed by atoms with Crippen LogP contribution in [0.1, 0.15) is 38.2 Å². The summed E-state index contributed by atoms with van der Waals surface area (Å²) in [7, 11) is 1.72. The zero-order chi connectivity index (χ0) is 13.7. The summed E-state index contributed by atoms with van der Waals surface area (Å²) >= 11 is 0. The molecule has 3 heteroatoms. The Labute approximate surface area is 116 Å². The Morgan fingerprint density at radius 3 is 2.42 bits per heavy atom. The van der Waals surface area contributed by atoms with Gasteiger partial charge in [0, 0.05) is 19.7 Å². The van der Waals surface area contributed by atoms with Gasteiger partial charge in [0.05, 0.1) is 6.61 Å². The lowest BCUT2D eigenvalue weighted by molar-refractivity contribution is 0.0804. The molecule has 0 radical (unpaired) electrons. The van der Waals surface area contributed by atoms with Gasteiger partial charge in [0.25, 0.3) is 0 Å². The second kappa shape index (κ2) is 6.92. The molecule has 1 N–H and O–H groups in total. The van der Waals surface area contributed by atoms with E-state index >= 15 is 0 Å². The maximum atomic E-state index is 5.98. The van der Waals surface area contributed by atoms with Gasteiger partial charge >= 0.3 is 0 Å². The van der Waals surface area contributed by atoms with Crippen LogP contribution in [-0.2, 0) is 4.74 Å². The van der Waals surface area contributed by atoms with Crippen molar-refractivity contribution in [1.29, 1.82) is 0 Å². The normalized spacial score (nSPS) is 16.6. The van der Waals surface area contributed by atoms with Crippen molar-refractivity contribution in [1.82, 2.24) is 5.32 Å². The number of nitrogens with one attached hydrogen (secondary N) is 1. The fraction of sp³-hybridized carbons (Fsp3) is 0.625. The second-order valence-corrected chi connectivity index (χ2v) is 5.60. The Bertz CT molecular complexity index is 371. The number of rotatable bonds is 8. The molecule has 2 rings (SSSR count). The molecule has 1 saturated carbocycles. The van der Waals surface area contributed by atoms with Crippen LogP contribution in [0.25, 0.3) is 0 Å². The molecule has 1 unspecified atom stereocenters. The molecule has 1 aromatic carbocycles. The van der Waals surface area contributed by atoms with E-state index in [0.29, 0.717) is 18.6 Å². The van der Waals surface area contributed by atoms with Crippen LogP contribution in [0.3, 0.4) is 0 Å². The summed E-state index contributed by atoms with van der Waals surface area (Å²) < 4.78 is 11.2. The van der Waals surface area contributed by atoms with Crippen LogP contribution in [0.5, 0.6) is 5.75 Å². The van der Waals surface area contributed by atoms with Gasteiger partial charge in [-0.05, 0) is 36.5 Å². The van der Waals surface area contributed by atoms with Crippen LogP contribution in [0.15, 0.2) is 24.3 Å². The van der Waals surface area contributed by atoms with Crippen molar-refractivity contribution in [3.8, 4) is 5.75 Å². The van der Waals surface area contributed by atoms with Gasteiger partial charge < -0.3 is 14.8 Å². The van der Waals surface area contributed by atoms with Crippen molar-refractivity contribution < 1.29 is 9.47 Å². The maximum absolute atomic E-state index is 5.98. The predicted molar refractivity (Wildman–Crippen MR) is 77.8 cm³/mol. The van der Waals surface area contributed by atoms with Crippen molar-refractivity contribution >= 4 is 0 Å². The Hall–Kier alpha value is -1.06. The first-order valence-corrected chi connectivity index (χ1v) is 7.18. The second-order valence-electron chi connectivity index (χ2n) is 5.60. The summed E-state index contributed by atoms with van der Waals surface area (Å²) in [4.78, 5) is 0. The molecule has 1 aliphatic rings. The largest absolute Gasteiger partial charge is 0.487 e. The summed E-state index contributed by atoms with van der Waals surface area (Å²) in [5, 5.41) is 3.49. The molecule has 1 atom stereocenters. The number of hydrogen-bond acceptors (Lipinski definition) is 3. The van der Waals surface area contributed by atoms with E-state index < -0.39 is 0 Å². The number of methoxy groups -OCH3 is 1. The molecule has 0 aromatic heterocycles. The van der Waals surface area contributed by atoms with E-state index in [9.17, 15) is 0 Å². The van der Waals surface area contributed by atoms with E-state index in [1.165, 1.54) is 18.4 Å². The Morgan fingerprint density at radius 1 is 1.21 bits per heavy atom. The monoisotopic (exact) mass is 263 g/mol. The standard InChI is InChI=1S/C16H25NO2/c1-12(2)13-4-8-15(9-5-13)19-16(11-18-3)10-17-14-6-7-14/h4-5,8-9,12,14,16-17H,6-7,10-11H2,1-3H3. The molecule has 3 nitrogen and oxygen atoms in total. The van der Waals surface area contributed by atoms with Gasteiger partial charge in [-0.25, -0.2) is 0 Å². The summed E-state index contributed by atoms with van der Waals surface area (Å²) in [6, 6.07) is 9.08. The lowest BCUT2D eigenvalue weighted by Gasteiger charge is -2.19. The van der Waals surface area contributed by atoms with Crippen LogP contribution in [-0.4, -0.2) is 32.4 Å². The predicted octanol–water partition coefficient (Wildman–Crippen LogP) is 2.96. The Balaban J connectivity index is 1.87. The lowest BCUT2D eigenvalue weighted by Crippen LogP contribution is -2.35. The average molecular weight is 263 g/mol. The topological polar surface area (TPSA) is 30.5 Å². The van der Waals surface area contributed by atoms with Gasteiger partial charge in [-0.2, -0.15) is 0 Å². The molecular weight excluding hydrogens is 238 g/mol. The zero-order valence-electron chi connectivity index (χ0n) is 12.2. The first-order valence-electron chi connectivity index (χ1n) is 7.18. The van der Waals surface area contributed by atoms with Gasteiger partial charge in [-0.1, -0.05) is 26.0 Å². The first-order chi connectivity index (χ1) is 9.19. The van der Waals surface area contributed by atoms with Gasteiger partial charge in [0.15, 0.2) is 0 Å². The Kier molecular flexibility index (Phi) is 5.23. The van der Waals surface area contributed by atoms with E-state index in [4.69, 9.17) is 9.47 Å². The van der Waals surface area contributed by atoms with Crippen molar-refractivity contribution in [2.24, 2.45) is 0 Å². The molecule has 1 aliphatic carbocycles. The van der Waals surface area contributed by atoms with Crippen molar-refractivity contribution in [3.63, 3.8) is 0 Å². The molecule has 19 heavy (non-hydrogen) atoms. The van der Waals surface area contributed by atoms with E-state index in [2.05, 4.69) is 43.4 Å². The highest BCUT2D eigenvalue weighted by molar-refractivity contribution is 5.29. The molecule has 0 saturated heterocycles. The number of ether oxygens (including phenoxy) is 2. The van der Waals surface area contributed by atoms with E-state index in [0.717, 1.165) is 12.3 Å². The fourth-order valence-corrected chi connectivity index (χ4v) is 2.03. The third-order valence-electron chi connectivity index (χ3n) is 3.41. The van der Waals surface area contributed by atoms with Crippen LogP contribution in [0.2, 0.25) is 0 Å². The lowest BCUT2D eigenvalue weighted by atomic mass is 10.0. The Morgan fingerprint density at radius 2 is 1.89 bits per heavy atom. The maximum Gasteiger partial charge on any atom is 0.134 e. The molecule has 106 valence electrons. The van der Waals surface area contributed by atoms with Gasteiger partial charge in [0.1, 0.15) is 11.9 Å². The third-order valence-corrected chi connectivity index (χ3v) is 3.41. The minimum atomic E-state index is 0.0792. The summed E-state index contributed by atoms with van der Waals surface area (Å²) in [6.07, 6.45) is 2.67.